The fourth-order valence-electron chi connectivity index (χ4n) is 1.18. The Hall–Kier alpha value is -1.23. The molecule has 0 spiro atoms. The van der Waals surface area contributed by atoms with Gasteiger partial charge >= 0.3 is 0 Å². The summed E-state index contributed by atoms with van der Waals surface area (Å²) in [5, 5.41) is 0. The standard InChI is InChI=1S/C8H15N5.ClH/c1-3-13(4-2)7-5-6(9)11-8(10)12-7;/h5H,3-4H2,1-2H3,(H4,9,10,11,12);1H. The van der Waals surface area contributed by atoms with Crippen LogP contribution >= 0.6 is 12.4 Å². The van der Waals surface area contributed by atoms with Gasteiger partial charge in [-0.15, -0.1) is 12.4 Å². The van der Waals surface area contributed by atoms with E-state index < -0.39 is 0 Å². The molecule has 0 atom stereocenters. The fourth-order valence-corrected chi connectivity index (χ4v) is 1.18. The van der Waals surface area contributed by atoms with E-state index in [9.17, 15) is 0 Å². The van der Waals surface area contributed by atoms with Gasteiger partial charge in [-0.3, -0.25) is 0 Å². The molecule has 1 rings (SSSR count). The van der Waals surface area contributed by atoms with Crippen molar-refractivity contribution >= 4 is 30.0 Å². The van der Waals surface area contributed by atoms with E-state index in [-0.39, 0.29) is 18.4 Å². The lowest BCUT2D eigenvalue weighted by Crippen LogP contribution is -2.23. The van der Waals surface area contributed by atoms with Gasteiger partial charge in [-0.2, -0.15) is 9.97 Å². The highest BCUT2D eigenvalue weighted by Crippen LogP contribution is 2.13. The predicted octanol–water partition coefficient (Wildman–Crippen LogP) is 0.909. The average Bonchev–Trinajstić information content (AvgIpc) is 2.04. The van der Waals surface area contributed by atoms with E-state index in [4.69, 9.17) is 11.5 Å². The maximum atomic E-state index is 5.55. The van der Waals surface area contributed by atoms with E-state index in [1.54, 1.807) is 6.07 Å². The van der Waals surface area contributed by atoms with Crippen molar-refractivity contribution in [3.05, 3.63) is 6.07 Å². The third-order valence-corrected chi connectivity index (χ3v) is 1.84. The van der Waals surface area contributed by atoms with Gasteiger partial charge in [0, 0.05) is 19.2 Å². The number of hydrogen-bond acceptors (Lipinski definition) is 5. The molecule has 0 saturated carbocycles. The summed E-state index contributed by atoms with van der Waals surface area (Å²) in [6.45, 7) is 5.87. The smallest absolute Gasteiger partial charge is 0.223 e. The lowest BCUT2D eigenvalue weighted by molar-refractivity contribution is 0.844. The molecule has 0 unspecified atom stereocenters. The Morgan fingerprint density at radius 1 is 1.21 bits per heavy atom. The minimum absolute atomic E-state index is 0. The summed E-state index contributed by atoms with van der Waals surface area (Å²) in [6.07, 6.45) is 0. The van der Waals surface area contributed by atoms with Crippen LogP contribution in [-0.2, 0) is 0 Å². The maximum absolute atomic E-state index is 5.55. The minimum atomic E-state index is 0. The van der Waals surface area contributed by atoms with Crippen LogP contribution < -0.4 is 16.4 Å². The predicted molar refractivity (Wildman–Crippen MR) is 61.7 cm³/mol. The van der Waals surface area contributed by atoms with Crippen LogP contribution in [0.1, 0.15) is 13.8 Å². The van der Waals surface area contributed by atoms with Crippen LogP contribution in [0, 0.1) is 0 Å². The molecular formula is C8H16ClN5. The minimum Gasteiger partial charge on any atom is -0.383 e. The van der Waals surface area contributed by atoms with Crippen LogP contribution in [0.2, 0.25) is 0 Å². The fraction of sp³-hybridized carbons (Fsp3) is 0.500. The zero-order valence-corrected chi connectivity index (χ0v) is 9.21. The summed E-state index contributed by atoms with van der Waals surface area (Å²) in [5.41, 5.74) is 11.0. The van der Waals surface area contributed by atoms with Gasteiger partial charge in [-0.05, 0) is 13.8 Å². The van der Waals surface area contributed by atoms with Gasteiger partial charge in [-0.25, -0.2) is 0 Å². The number of halogens is 1. The molecule has 6 heteroatoms. The number of nitrogens with zero attached hydrogens (tertiary/aromatic N) is 3. The Kier molecular flexibility index (Phi) is 5.01. The molecule has 1 aromatic rings. The van der Waals surface area contributed by atoms with Crippen molar-refractivity contribution < 1.29 is 0 Å². The number of nitrogen functional groups attached to an aromatic ring is 2. The second-order valence-electron chi connectivity index (χ2n) is 2.68. The number of anilines is 3. The molecule has 80 valence electrons. The Bertz CT molecular complexity index is 267. The first-order valence-corrected chi connectivity index (χ1v) is 4.32. The van der Waals surface area contributed by atoms with Crippen molar-refractivity contribution in [2.75, 3.05) is 29.5 Å². The number of rotatable bonds is 3. The first kappa shape index (κ1) is 12.8. The summed E-state index contributed by atoms with van der Waals surface area (Å²) in [6, 6.07) is 1.73. The van der Waals surface area contributed by atoms with Gasteiger partial charge in [-0.1, -0.05) is 0 Å². The molecular weight excluding hydrogens is 202 g/mol. The van der Waals surface area contributed by atoms with Gasteiger partial charge in [0.1, 0.15) is 11.6 Å². The molecule has 0 radical (unpaired) electrons. The molecule has 4 N–H and O–H groups in total. The lowest BCUT2D eigenvalue weighted by Gasteiger charge is -2.19. The molecule has 0 amide bonds. The highest BCUT2D eigenvalue weighted by molar-refractivity contribution is 5.85. The molecule has 0 aromatic carbocycles. The van der Waals surface area contributed by atoms with Crippen molar-refractivity contribution in [3.63, 3.8) is 0 Å². The van der Waals surface area contributed by atoms with Crippen LogP contribution in [0.25, 0.3) is 0 Å². The average molecular weight is 218 g/mol. The quantitative estimate of drug-likeness (QED) is 0.787. The number of nitrogens with two attached hydrogens (primary N) is 2. The molecule has 0 bridgehead atoms. The molecule has 5 nitrogen and oxygen atoms in total. The largest absolute Gasteiger partial charge is 0.383 e. The van der Waals surface area contributed by atoms with Gasteiger partial charge < -0.3 is 16.4 Å². The molecule has 0 aliphatic rings. The summed E-state index contributed by atoms with van der Waals surface area (Å²) in [5.74, 6) is 1.42. The zero-order chi connectivity index (χ0) is 9.84. The summed E-state index contributed by atoms with van der Waals surface area (Å²) >= 11 is 0. The zero-order valence-electron chi connectivity index (χ0n) is 8.40. The molecule has 14 heavy (non-hydrogen) atoms. The van der Waals surface area contributed by atoms with Crippen molar-refractivity contribution in [1.29, 1.82) is 0 Å². The second kappa shape index (κ2) is 5.49. The van der Waals surface area contributed by atoms with Crippen LogP contribution in [0.4, 0.5) is 17.6 Å². The van der Waals surface area contributed by atoms with Crippen LogP contribution in [0.3, 0.4) is 0 Å². The van der Waals surface area contributed by atoms with E-state index >= 15 is 0 Å². The van der Waals surface area contributed by atoms with Gasteiger partial charge in [0.05, 0.1) is 0 Å². The van der Waals surface area contributed by atoms with E-state index in [0.29, 0.717) is 5.82 Å². The Morgan fingerprint density at radius 3 is 2.21 bits per heavy atom. The Labute approximate surface area is 89.9 Å². The molecule has 0 fully saturated rings. The van der Waals surface area contributed by atoms with Crippen LogP contribution in [-0.4, -0.2) is 23.1 Å². The summed E-state index contributed by atoms with van der Waals surface area (Å²) < 4.78 is 0. The molecule has 1 aromatic heterocycles. The second-order valence-corrected chi connectivity index (χ2v) is 2.68. The van der Waals surface area contributed by atoms with Crippen LogP contribution in [0.5, 0.6) is 0 Å². The summed E-state index contributed by atoms with van der Waals surface area (Å²) in [4.78, 5) is 9.96. The Morgan fingerprint density at radius 2 is 1.79 bits per heavy atom. The number of hydrogen-bond donors (Lipinski definition) is 2. The van der Waals surface area contributed by atoms with E-state index in [0.717, 1.165) is 18.9 Å². The molecule has 0 saturated heterocycles. The van der Waals surface area contributed by atoms with Gasteiger partial charge in [0.2, 0.25) is 5.95 Å². The third-order valence-electron chi connectivity index (χ3n) is 1.84. The number of aromatic nitrogens is 2. The Balaban J connectivity index is 0.00000169. The highest BCUT2D eigenvalue weighted by Gasteiger charge is 2.05. The van der Waals surface area contributed by atoms with E-state index in [1.165, 1.54) is 0 Å². The van der Waals surface area contributed by atoms with Crippen LogP contribution in [0.15, 0.2) is 6.07 Å². The first-order chi connectivity index (χ1) is 6.17. The monoisotopic (exact) mass is 217 g/mol. The van der Waals surface area contributed by atoms with Crippen molar-refractivity contribution in [2.24, 2.45) is 0 Å². The lowest BCUT2D eigenvalue weighted by atomic mass is 10.4. The highest BCUT2D eigenvalue weighted by atomic mass is 35.5. The van der Waals surface area contributed by atoms with E-state index in [1.807, 2.05) is 0 Å². The molecule has 1 heterocycles. The van der Waals surface area contributed by atoms with Gasteiger partial charge in [0.15, 0.2) is 0 Å². The molecule has 0 aliphatic heterocycles. The molecule has 0 aliphatic carbocycles. The van der Waals surface area contributed by atoms with Crippen molar-refractivity contribution in [3.8, 4) is 0 Å². The van der Waals surface area contributed by atoms with Gasteiger partial charge in [0.25, 0.3) is 0 Å². The van der Waals surface area contributed by atoms with E-state index in [2.05, 4.69) is 28.7 Å². The first-order valence-electron chi connectivity index (χ1n) is 4.32. The topological polar surface area (TPSA) is 81.1 Å². The SMILES string of the molecule is CCN(CC)c1cc(N)nc(N)n1.Cl. The summed E-state index contributed by atoms with van der Waals surface area (Å²) in [7, 11) is 0. The van der Waals surface area contributed by atoms with Crippen molar-refractivity contribution in [1.82, 2.24) is 9.97 Å². The normalized spacial score (nSPS) is 9.29. The maximum Gasteiger partial charge on any atom is 0.223 e. The third kappa shape index (κ3) is 2.92. The van der Waals surface area contributed by atoms with Crippen molar-refractivity contribution in [2.45, 2.75) is 13.8 Å².